The average Bonchev–Trinajstić information content (AvgIpc) is 2.91. The number of pyridine rings is 1. The Kier molecular flexibility index (Phi) is 4.18. The van der Waals surface area contributed by atoms with Crippen LogP contribution in [-0.2, 0) is 13.0 Å². The van der Waals surface area contributed by atoms with E-state index in [1.54, 1.807) is 24.4 Å². The van der Waals surface area contributed by atoms with E-state index in [0.717, 1.165) is 11.1 Å². The van der Waals surface area contributed by atoms with Crippen LogP contribution in [0, 0.1) is 5.82 Å². The number of aromatic nitrogens is 3. The van der Waals surface area contributed by atoms with E-state index in [0.29, 0.717) is 18.1 Å². The quantitative estimate of drug-likeness (QED) is 0.720. The zero-order valence-corrected chi connectivity index (χ0v) is 12.4. The Labute approximate surface area is 131 Å². The Morgan fingerprint density at radius 3 is 2.57 bits per heavy atom. The van der Waals surface area contributed by atoms with E-state index in [4.69, 9.17) is 9.26 Å². The summed E-state index contributed by atoms with van der Waals surface area (Å²) < 4.78 is 24.1. The van der Waals surface area contributed by atoms with Crippen LogP contribution in [0.2, 0.25) is 0 Å². The van der Waals surface area contributed by atoms with E-state index >= 15 is 0 Å². The van der Waals surface area contributed by atoms with Crippen LogP contribution in [-0.4, -0.2) is 21.8 Å². The molecule has 6 nitrogen and oxygen atoms in total. The summed E-state index contributed by atoms with van der Waals surface area (Å²) in [6.45, 7) is 0.288. The molecule has 7 heteroatoms. The van der Waals surface area contributed by atoms with Crippen molar-refractivity contribution in [2.45, 2.75) is 13.0 Å². The highest BCUT2D eigenvalue weighted by Gasteiger charge is 2.12. The third-order valence-electron chi connectivity index (χ3n) is 3.38. The normalized spacial score (nSPS) is 10.7. The minimum Gasteiger partial charge on any atom is -0.481 e. The number of benzene rings is 1. The molecule has 3 aromatic rings. The van der Waals surface area contributed by atoms with Crippen LogP contribution in [0.25, 0.3) is 0 Å². The summed E-state index contributed by atoms with van der Waals surface area (Å²) in [6, 6.07) is 9.55. The fourth-order valence-electron chi connectivity index (χ4n) is 2.17. The van der Waals surface area contributed by atoms with Crippen LogP contribution in [0.1, 0.15) is 17.0 Å². The standard InChI is InChI=1S/C16H14FN3O3/c1-22-15-7-4-12(9-18-15)10-20-14(19-23-16(20)21)8-11-2-5-13(17)6-3-11/h2-7,9H,8,10H2,1H3. The first-order chi connectivity index (χ1) is 11.2. The third-order valence-corrected chi connectivity index (χ3v) is 3.38. The maximum absolute atomic E-state index is 13.0. The van der Waals surface area contributed by atoms with Gasteiger partial charge in [0.15, 0.2) is 5.82 Å². The molecule has 0 aliphatic carbocycles. The summed E-state index contributed by atoms with van der Waals surface area (Å²) in [4.78, 5) is 15.9. The monoisotopic (exact) mass is 315 g/mol. The molecule has 0 bridgehead atoms. The lowest BCUT2D eigenvalue weighted by Gasteiger charge is -2.05. The molecule has 2 aromatic heterocycles. The topological polar surface area (TPSA) is 70.2 Å². The van der Waals surface area contributed by atoms with E-state index in [1.807, 2.05) is 6.07 Å². The molecule has 0 atom stereocenters. The van der Waals surface area contributed by atoms with E-state index in [1.165, 1.54) is 23.8 Å². The van der Waals surface area contributed by atoms with Gasteiger partial charge in [-0.15, -0.1) is 0 Å². The second kappa shape index (κ2) is 6.43. The van der Waals surface area contributed by atoms with Crippen molar-refractivity contribution in [3.8, 4) is 5.88 Å². The Balaban J connectivity index is 1.83. The van der Waals surface area contributed by atoms with Crippen LogP contribution in [0.15, 0.2) is 51.9 Å². The molecule has 3 rings (SSSR count). The number of rotatable bonds is 5. The van der Waals surface area contributed by atoms with Crippen LogP contribution in [0.3, 0.4) is 0 Å². The van der Waals surface area contributed by atoms with Gasteiger partial charge in [0.1, 0.15) is 5.82 Å². The Morgan fingerprint density at radius 2 is 1.91 bits per heavy atom. The van der Waals surface area contributed by atoms with Gasteiger partial charge in [0.2, 0.25) is 5.88 Å². The molecule has 0 radical (unpaired) electrons. The molecule has 0 fully saturated rings. The third kappa shape index (κ3) is 3.45. The molecular weight excluding hydrogens is 301 g/mol. The maximum atomic E-state index is 13.0. The molecule has 1 aromatic carbocycles. The summed E-state index contributed by atoms with van der Waals surface area (Å²) in [7, 11) is 1.54. The minimum absolute atomic E-state index is 0.288. The molecule has 0 aliphatic rings. The lowest BCUT2D eigenvalue weighted by molar-refractivity contribution is 0.375. The van der Waals surface area contributed by atoms with Gasteiger partial charge in [0.05, 0.1) is 13.7 Å². The second-order valence-electron chi connectivity index (χ2n) is 4.96. The smallest absolute Gasteiger partial charge is 0.441 e. The Hall–Kier alpha value is -2.96. The van der Waals surface area contributed by atoms with Crippen LogP contribution < -0.4 is 10.5 Å². The zero-order valence-electron chi connectivity index (χ0n) is 12.4. The van der Waals surface area contributed by atoms with Crippen LogP contribution in [0.5, 0.6) is 5.88 Å². The van der Waals surface area contributed by atoms with Crippen molar-refractivity contribution < 1.29 is 13.7 Å². The zero-order chi connectivity index (χ0) is 16.2. The highest BCUT2D eigenvalue weighted by atomic mass is 19.1. The van der Waals surface area contributed by atoms with Crippen molar-refractivity contribution in [2.24, 2.45) is 0 Å². The number of ether oxygens (including phenoxy) is 1. The largest absolute Gasteiger partial charge is 0.481 e. The average molecular weight is 315 g/mol. The van der Waals surface area contributed by atoms with E-state index in [2.05, 4.69) is 10.1 Å². The molecule has 118 valence electrons. The van der Waals surface area contributed by atoms with Crippen molar-refractivity contribution in [1.29, 1.82) is 0 Å². The van der Waals surface area contributed by atoms with Crippen molar-refractivity contribution in [3.63, 3.8) is 0 Å². The van der Waals surface area contributed by atoms with Crippen molar-refractivity contribution in [3.05, 3.63) is 75.9 Å². The van der Waals surface area contributed by atoms with Gasteiger partial charge >= 0.3 is 5.76 Å². The number of hydrogen-bond acceptors (Lipinski definition) is 5. The van der Waals surface area contributed by atoms with Crippen molar-refractivity contribution >= 4 is 0 Å². The summed E-state index contributed by atoms with van der Waals surface area (Å²) in [5, 5.41) is 3.80. The Bertz CT molecular complexity index is 838. The SMILES string of the molecule is COc1ccc(Cn2c(Cc3ccc(F)cc3)noc2=O)cn1. The number of hydrogen-bond donors (Lipinski definition) is 0. The summed E-state index contributed by atoms with van der Waals surface area (Å²) in [6.07, 6.45) is 2.00. The molecular formula is C16H14FN3O3. The van der Waals surface area contributed by atoms with Crippen LogP contribution >= 0.6 is 0 Å². The van der Waals surface area contributed by atoms with Gasteiger partial charge in [0, 0.05) is 18.7 Å². The first-order valence-corrected chi connectivity index (χ1v) is 6.94. The molecule has 0 aliphatic heterocycles. The van der Waals surface area contributed by atoms with E-state index in [-0.39, 0.29) is 12.4 Å². The molecule has 0 amide bonds. The molecule has 0 saturated carbocycles. The molecule has 0 unspecified atom stereocenters. The van der Waals surface area contributed by atoms with E-state index in [9.17, 15) is 9.18 Å². The predicted molar refractivity (Wildman–Crippen MR) is 79.9 cm³/mol. The first kappa shape index (κ1) is 15.0. The van der Waals surface area contributed by atoms with Gasteiger partial charge in [-0.1, -0.05) is 23.4 Å². The van der Waals surface area contributed by atoms with Crippen molar-refractivity contribution in [1.82, 2.24) is 14.7 Å². The summed E-state index contributed by atoms with van der Waals surface area (Å²) >= 11 is 0. The lowest BCUT2D eigenvalue weighted by Crippen LogP contribution is -2.18. The highest BCUT2D eigenvalue weighted by molar-refractivity contribution is 5.21. The molecule has 23 heavy (non-hydrogen) atoms. The van der Waals surface area contributed by atoms with E-state index < -0.39 is 5.76 Å². The Morgan fingerprint density at radius 1 is 1.17 bits per heavy atom. The van der Waals surface area contributed by atoms with Gasteiger partial charge in [-0.2, -0.15) is 0 Å². The van der Waals surface area contributed by atoms with Crippen molar-refractivity contribution in [2.75, 3.05) is 7.11 Å². The van der Waals surface area contributed by atoms with Gasteiger partial charge in [-0.3, -0.25) is 9.09 Å². The highest BCUT2D eigenvalue weighted by Crippen LogP contribution is 2.11. The van der Waals surface area contributed by atoms with Gasteiger partial charge in [-0.25, -0.2) is 14.2 Å². The molecule has 0 N–H and O–H groups in total. The fraction of sp³-hybridized carbons (Fsp3) is 0.188. The molecule has 2 heterocycles. The molecule has 0 spiro atoms. The van der Waals surface area contributed by atoms with Gasteiger partial charge in [-0.05, 0) is 23.3 Å². The number of halogens is 1. The minimum atomic E-state index is -0.544. The molecule has 0 saturated heterocycles. The lowest BCUT2D eigenvalue weighted by atomic mass is 10.1. The summed E-state index contributed by atoms with van der Waals surface area (Å²) in [5.74, 6) is 0.115. The second-order valence-corrected chi connectivity index (χ2v) is 4.96. The predicted octanol–water partition coefficient (Wildman–Crippen LogP) is 2.02. The van der Waals surface area contributed by atoms with Crippen LogP contribution in [0.4, 0.5) is 4.39 Å². The summed E-state index contributed by atoms with van der Waals surface area (Å²) in [5.41, 5.74) is 1.65. The number of methoxy groups -OCH3 is 1. The van der Waals surface area contributed by atoms with Gasteiger partial charge < -0.3 is 4.74 Å². The fourth-order valence-corrected chi connectivity index (χ4v) is 2.17. The van der Waals surface area contributed by atoms with Gasteiger partial charge in [0.25, 0.3) is 0 Å². The first-order valence-electron chi connectivity index (χ1n) is 6.94. The maximum Gasteiger partial charge on any atom is 0.441 e. The number of nitrogens with zero attached hydrogens (tertiary/aromatic N) is 3.